The van der Waals surface area contributed by atoms with Crippen molar-refractivity contribution in [2.24, 2.45) is 5.92 Å². The van der Waals surface area contributed by atoms with Gasteiger partial charge >= 0.3 is 0 Å². The quantitative estimate of drug-likeness (QED) is 0.655. The predicted molar refractivity (Wildman–Crippen MR) is 69.0 cm³/mol. The Morgan fingerprint density at radius 2 is 2.16 bits per heavy atom. The van der Waals surface area contributed by atoms with E-state index < -0.39 is 4.92 Å². The molecule has 2 atom stereocenters. The fourth-order valence-electron chi connectivity index (χ4n) is 2.35. The summed E-state index contributed by atoms with van der Waals surface area (Å²) in [6.07, 6.45) is 0.931. The van der Waals surface area contributed by atoms with E-state index in [0.29, 0.717) is 12.5 Å². The Kier molecular flexibility index (Phi) is 3.42. The van der Waals surface area contributed by atoms with Gasteiger partial charge in [-0.05, 0) is 25.3 Å². The van der Waals surface area contributed by atoms with Crippen molar-refractivity contribution in [1.82, 2.24) is 4.90 Å². The molecule has 2 rings (SSSR count). The molecule has 19 heavy (non-hydrogen) atoms. The highest BCUT2D eigenvalue weighted by Gasteiger charge is 2.32. The van der Waals surface area contributed by atoms with Crippen molar-refractivity contribution in [3.05, 3.63) is 33.9 Å². The second-order valence-electron chi connectivity index (χ2n) is 4.96. The summed E-state index contributed by atoms with van der Waals surface area (Å²) in [5, 5.41) is 20.4. The third kappa shape index (κ3) is 2.38. The third-order valence-electron chi connectivity index (χ3n) is 3.82. The van der Waals surface area contributed by atoms with Gasteiger partial charge in [-0.2, -0.15) is 0 Å². The zero-order chi connectivity index (χ0) is 14.2. The zero-order valence-corrected chi connectivity index (χ0v) is 10.9. The summed E-state index contributed by atoms with van der Waals surface area (Å²) in [4.78, 5) is 24.0. The van der Waals surface area contributed by atoms with E-state index in [2.05, 4.69) is 6.92 Å². The van der Waals surface area contributed by atoms with Crippen molar-refractivity contribution in [2.75, 3.05) is 6.54 Å². The van der Waals surface area contributed by atoms with Gasteiger partial charge in [0.2, 0.25) is 0 Å². The van der Waals surface area contributed by atoms with Crippen molar-refractivity contribution >= 4 is 11.6 Å². The van der Waals surface area contributed by atoms with Gasteiger partial charge in [-0.15, -0.1) is 0 Å². The monoisotopic (exact) mass is 264 g/mol. The van der Waals surface area contributed by atoms with Crippen molar-refractivity contribution in [3.63, 3.8) is 0 Å². The van der Waals surface area contributed by atoms with Gasteiger partial charge in [0.15, 0.2) is 0 Å². The van der Waals surface area contributed by atoms with E-state index in [1.54, 1.807) is 4.90 Å². The highest BCUT2D eigenvalue weighted by molar-refractivity contribution is 5.97. The molecular formula is C13H16N2O4. The molecule has 0 aromatic heterocycles. The number of likely N-dealkylation sites (tertiary alicyclic amines) is 1. The van der Waals surface area contributed by atoms with Crippen molar-refractivity contribution in [3.8, 4) is 5.75 Å². The fourth-order valence-corrected chi connectivity index (χ4v) is 2.35. The molecule has 6 nitrogen and oxygen atoms in total. The Hall–Kier alpha value is -2.11. The number of nitrogens with zero attached hydrogens (tertiary/aromatic N) is 2. The number of nitro groups is 1. The molecule has 102 valence electrons. The molecule has 1 aromatic rings. The Morgan fingerprint density at radius 1 is 1.47 bits per heavy atom. The summed E-state index contributed by atoms with van der Waals surface area (Å²) in [6.45, 7) is 4.70. The minimum absolute atomic E-state index is 0.113. The van der Waals surface area contributed by atoms with Crippen LogP contribution in [0.25, 0.3) is 0 Å². The van der Waals surface area contributed by atoms with Crippen LogP contribution in [0.4, 0.5) is 5.69 Å². The van der Waals surface area contributed by atoms with E-state index in [4.69, 9.17) is 0 Å². The van der Waals surface area contributed by atoms with Gasteiger partial charge in [-0.3, -0.25) is 14.9 Å². The Morgan fingerprint density at radius 3 is 2.63 bits per heavy atom. The summed E-state index contributed by atoms with van der Waals surface area (Å²) in [5.74, 6) is -0.195. The lowest BCUT2D eigenvalue weighted by atomic mass is 10.0. The van der Waals surface area contributed by atoms with Gasteiger partial charge in [0.05, 0.1) is 16.6 Å². The largest absolute Gasteiger partial charge is 0.507 e. The van der Waals surface area contributed by atoms with Crippen molar-refractivity contribution in [1.29, 1.82) is 0 Å². The first kappa shape index (κ1) is 13.3. The minimum Gasteiger partial charge on any atom is -0.507 e. The van der Waals surface area contributed by atoms with Crippen LogP contribution in [0.1, 0.15) is 30.6 Å². The Bertz CT molecular complexity index is 529. The molecule has 0 unspecified atom stereocenters. The minimum atomic E-state index is -0.603. The molecule has 1 aromatic carbocycles. The van der Waals surface area contributed by atoms with Crippen LogP contribution in [-0.4, -0.2) is 33.4 Å². The Labute approximate surface area is 110 Å². The topological polar surface area (TPSA) is 83.7 Å². The molecule has 0 radical (unpaired) electrons. The SMILES string of the molecule is C[C@H]1CCN(C(=O)c2ccc([N+](=O)[O-])cc2O)[C@H]1C. The number of nitro benzene ring substituents is 1. The number of phenolic OH excluding ortho intramolecular Hbond substituents is 1. The number of aromatic hydroxyl groups is 1. The van der Waals surface area contributed by atoms with Crippen LogP contribution in [0.3, 0.4) is 0 Å². The highest BCUT2D eigenvalue weighted by Crippen LogP contribution is 2.29. The van der Waals surface area contributed by atoms with Gasteiger partial charge in [0.1, 0.15) is 5.75 Å². The lowest BCUT2D eigenvalue weighted by molar-refractivity contribution is -0.384. The molecule has 0 aliphatic carbocycles. The van der Waals surface area contributed by atoms with Crippen LogP contribution in [0.5, 0.6) is 5.75 Å². The summed E-state index contributed by atoms with van der Waals surface area (Å²) in [7, 11) is 0. The average molecular weight is 264 g/mol. The van der Waals surface area contributed by atoms with Crippen LogP contribution in [0.2, 0.25) is 0 Å². The summed E-state index contributed by atoms with van der Waals surface area (Å²) >= 11 is 0. The maximum Gasteiger partial charge on any atom is 0.273 e. The molecule has 1 heterocycles. The Balaban J connectivity index is 2.27. The van der Waals surface area contributed by atoms with Crippen LogP contribution in [0.15, 0.2) is 18.2 Å². The van der Waals surface area contributed by atoms with Crippen LogP contribution in [-0.2, 0) is 0 Å². The number of rotatable bonds is 2. The number of hydrogen-bond donors (Lipinski definition) is 1. The lowest BCUT2D eigenvalue weighted by Gasteiger charge is -2.23. The standard InChI is InChI=1S/C13H16N2O4/c1-8-5-6-14(9(8)2)13(17)11-4-3-10(15(18)19)7-12(11)16/h3-4,7-9,16H,5-6H2,1-2H3/t8-,9-/m0/s1. The van der Waals surface area contributed by atoms with Crippen LogP contribution < -0.4 is 0 Å². The van der Waals surface area contributed by atoms with Gasteiger partial charge in [0.25, 0.3) is 11.6 Å². The van der Waals surface area contributed by atoms with E-state index in [1.165, 1.54) is 12.1 Å². The van der Waals surface area contributed by atoms with Crippen molar-refractivity contribution < 1.29 is 14.8 Å². The molecule has 0 spiro atoms. The van der Waals surface area contributed by atoms with E-state index in [-0.39, 0.29) is 28.9 Å². The number of amides is 1. The maximum absolute atomic E-state index is 12.3. The summed E-state index contributed by atoms with van der Waals surface area (Å²) in [6, 6.07) is 3.67. The molecule has 1 amide bonds. The first-order chi connectivity index (χ1) is 8.91. The molecule has 1 N–H and O–H groups in total. The predicted octanol–water partition coefficient (Wildman–Crippen LogP) is 2.17. The summed E-state index contributed by atoms with van der Waals surface area (Å²) < 4.78 is 0. The normalized spacial score (nSPS) is 22.5. The molecule has 6 heteroatoms. The maximum atomic E-state index is 12.3. The van der Waals surface area contributed by atoms with Gasteiger partial charge < -0.3 is 10.0 Å². The van der Waals surface area contributed by atoms with Crippen LogP contribution >= 0.6 is 0 Å². The molecule has 1 fully saturated rings. The number of non-ortho nitro benzene ring substituents is 1. The number of carbonyl (C=O) groups excluding carboxylic acids is 1. The number of phenols is 1. The number of carbonyl (C=O) groups is 1. The van der Waals surface area contributed by atoms with Gasteiger partial charge in [-0.25, -0.2) is 0 Å². The molecule has 1 aliphatic heterocycles. The van der Waals surface area contributed by atoms with E-state index in [0.717, 1.165) is 12.5 Å². The molecule has 1 saturated heterocycles. The molecule has 0 saturated carbocycles. The second kappa shape index (κ2) is 4.87. The second-order valence-corrected chi connectivity index (χ2v) is 4.96. The number of hydrogen-bond acceptors (Lipinski definition) is 4. The average Bonchev–Trinajstić information content (AvgIpc) is 2.69. The molecular weight excluding hydrogens is 248 g/mol. The molecule has 0 bridgehead atoms. The summed E-state index contributed by atoms with van der Waals surface area (Å²) in [5.41, 5.74) is -0.108. The number of benzene rings is 1. The third-order valence-corrected chi connectivity index (χ3v) is 3.82. The van der Waals surface area contributed by atoms with E-state index >= 15 is 0 Å². The first-order valence-corrected chi connectivity index (χ1v) is 6.20. The van der Waals surface area contributed by atoms with Crippen LogP contribution in [0, 0.1) is 16.0 Å². The van der Waals surface area contributed by atoms with E-state index in [9.17, 15) is 20.0 Å². The van der Waals surface area contributed by atoms with Gasteiger partial charge in [-0.1, -0.05) is 6.92 Å². The van der Waals surface area contributed by atoms with Gasteiger partial charge in [0, 0.05) is 18.7 Å². The smallest absolute Gasteiger partial charge is 0.273 e. The van der Waals surface area contributed by atoms with E-state index in [1.807, 2.05) is 6.92 Å². The molecule has 1 aliphatic rings. The first-order valence-electron chi connectivity index (χ1n) is 6.20. The highest BCUT2D eigenvalue weighted by atomic mass is 16.6. The van der Waals surface area contributed by atoms with Crippen molar-refractivity contribution in [2.45, 2.75) is 26.3 Å². The lowest BCUT2D eigenvalue weighted by Crippen LogP contribution is -2.35. The zero-order valence-electron chi connectivity index (χ0n) is 10.9. The fraction of sp³-hybridized carbons (Fsp3) is 0.462.